The summed E-state index contributed by atoms with van der Waals surface area (Å²) in [6, 6.07) is 12.0. The van der Waals surface area contributed by atoms with Gasteiger partial charge in [0.25, 0.3) is 0 Å². The van der Waals surface area contributed by atoms with Crippen molar-refractivity contribution in [1.29, 1.82) is 0 Å². The average Bonchev–Trinajstić information content (AvgIpc) is 3.25. The summed E-state index contributed by atoms with van der Waals surface area (Å²) in [5.74, 6) is 0.898. The number of hydrazone groups is 1. The minimum Gasteiger partial charge on any atom is -0.486 e. The van der Waals surface area contributed by atoms with E-state index in [1.165, 1.54) is 17.8 Å². The van der Waals surface area contributed by atoms with Crippen LogP contribution in [0.5, 0.6) is 5.75 Å². The first-order valence-corrected chi connectivity index (χ1v) is 8.70. The number of rotatable bonds is 6. The maximum Gasteiger partial charge on any atom is 0.307 e. The first-order valence-electron chi connectivity index (χ1n) is 7.89. The molecule has 0 aliphatic heterocycles. The molecule has 1 aromatic carbocycles. The van der Waals surface area contributed by atoms with Crippen LogP contribution in [-0.2, 0) is 6.61 Å². The molecule has 0 saturated carbocycles. The van der Waals surface area contributed by atoms with Crippen molar-refractivity contribution in [3.05, 3.63) is 75.1 Å². The monoisotopic (exact) mass is 372 g/mol. The molecule has 0 fully saturated rings. The highest BCUT2D eigenvalue weighted by atomic mass is 32.1. The highest BCUT2D eigenvalue weighted by Crippen LogP contribution is 2.18. The number of amides is 1. The number of halogens is 1. The van der Waals surface area contributed by atoms with Gasteiger partial charge in [0.2, 0.25) is 0 Å². The third-order valence-corrected chi connectivity index (χ3v) is 4.51. The Hall–Kier alpha value is -2.93. The lowest BCUT2D eigenvalue weighted by Gasteiger charge is -2.06. The first kappa shape index (κ1) is 17.9. The number of nitrogens with one attached hydrogen (secondary N) is 1. The van der Waals surface area contributed by atoms with E-state index in [0.717, 1.165) is 22.6 Å². The predicted molar refractivity (Wildman–Crippen MR) is 98.3 cm³/mol. The fourth-order valence-electron chi connectivity index (χ4n) is 2.14. The first-order chi connectivity index (χ1) is 12.5. The van der Waals surface area contributed by atoms with Crippen molar-refractivity contribution in [2.45, 2.75) is 20.5 Å². The molecule has 2 heterocycles. The van der Waals surface area contributed by atoms with E-state index in [0.29, 0.717) is 10.6 Å². The quantitative estimate of drug-likeness (QED) is 0.514. The highest BCUT2D eigenvalue weighted by molar-refractivity contribution is 7.12. The van der Waals surface area contributed by atoms with Gasteiger partial charge in [-0.1, -0.05) is 6.07 Å². The molecule has 3 aromatic rings. The molecule has 0 spiro atoms. The smallest absolute Gasteiger partial charge is 0.307 e. The van der Waals surface area contributed by atoms with Crippen LogP contribution in [0.1, 0.15) is 32.3 Å². The summed E-state index contributed by atoms with van der Waals surface area (Å²) in [6.45, 7) is 4.27. The van der Waals surface area contributed by atoms with Gasteiger partial charge < -0.3 is 9.15 Å². The van der Waals surface area contributed by atoms with Gasteiger partial charge >= 0.3 is 5.91 Å². The Kier molecular flexibility index (Phi) is 5.48. The molecule has 0 unspecified atom stereocenters. The summed E-state index contributed by atoms with van der Waals surface area (Å²) in [4.78, 5) is 12.6. The van der Waals surface area contributed by atoms with Crippen LogP contribution in [0.15, 0.2) is 52.0 Å². The molecule has 0 bridgehead atoms. The van der Waals surface area contributed by atoms with Crippen molar-refractivity contribution < 1.29 is 18.3 Å². The van der Waals surface area contributed by atoms with E-state index in [1.54, 1.807) is 18.2 Å². The lowest BCUT2D eigenvalue weighted by Crippen LogP contribution is -2.16. The van der Waals surface area contributed by atoms with Crippen LogP contribution >= 0.6 is 11.3 Å². The number of carbonyl (C=O) groups excluding carboxylic acids is 1. The molecule has 26 heavy (non-hydrogen) atoms. The third kappa shape index (κ3) is 4.58. The second kappa shape index (κ2) is 7.97. The van der Waals surface area contributed by atoms with Gasteiger partial charge in [-0.2, -0.15) is 9.49 Å². The Labute approximate surface area is 154 Å². The van der Waals surface area contributed by atoms with Crippen molar-refractivity contribution in [3.63, 3.8) is 0 Å². The Morgan fingerprint density at radius 1 is 1.23 bits per heavy atom. The van der Waals surface area contributed by atoms with Gasteiger partial charge in [-0.15, -0.1) is 11.3 Å². The van der Waals surface area contributed by atoms with E-state index in [9.17, 15) is 9.18 Å². The van der Waals surface area contributed by atoms with Gasteiger partial charge in [0.1, 0.15) is 18.1 Å². The zero-order valence-corrected chi connectivity index (χ0v) is 15.1. The SMILES string of the molecule is Cc1ccc(OCc2ccc(C(=O)N/N=C\c3ccc(F)s3)o2)cc1C. The van der Waals surface area contributed by atoms with Crippen LogP contribution < -0.4 is 10.2 Å². The van der Waals surface area contributed by atoms with E-state index in [4.69, 9.17) is 9.15 Å². The lowest BCUT2D eigenvalue weighted by atomic mass is 10.1. The maximum absolute atomic E-state index is 12.9. The minimum absolute atomic E-state index is 0.123. The second-order valence-electron chi connectivity index (χ2n) is 5.64. The lowest BCUT2D eigenvalue weighted by molar-refractivity contribution is 0.0923. The number of hydrogen-bond donors (Lipinski definition) is 1. The van der Waals surface area contributed by atoms with Crippen LogP contribution in [0, 0.1) is 19.0 Å². The molecule has 0 aliphatic carbocycles. The van der Waals surface area contributed by atoms with Crippen LogP contribution in [0.2, 0.25) is 0 Å². The van der Waals surface area contributed by atoms with Crippen molar-refractivity contribution in [2.24, 2.45) is 5.10 Å². The van der Waals surface area contributed by atoms with E-state index in [2.05, 4.69) is 10.5 Å². The van der Waals surface area contributed by atoms with Gasteiger partial charge in [-0.05, 0) is 61.4 Å². The number of thiophene rings is 1. The standard InChI is InChI=1S/C19H17FN2O3S/c1-12-3-4-14(9-13(12)2)24-11-15-5-7-17(25-15)19(23)22-21-10-16-6-8-18(20)26-16/h3-10H,11H2,1-2H3,(H,22,23)/b21-10-. The van der Waals surface area contributed by atoms with Crippen LogP contribution in [-0.4, -0.2) is 12.1 Å². The molecular weight excluding hydrogens is 355 g/mol. The van der Waals surface area contributed by atoms with Gasteiger partial charge in [-0.3, -0.25) is 4.79 Å². The van der Waals surface area contributed by atoms with E-state index in [-0.39, 0.29) is 17.5 Å². The number of carbonyl (C=O) groups is 1. The molecule has 1 amide bonds. The number of benzene rings is 1. The van der Waals surface area contributed by atoms with Gasteiger partial charge in [0.05, 0.1) is 11.1 Å². The highest BCUT2D eigenvalue weighted by Gasteiger charge is 2.11. The molecule has 0 aliphatic rings. The molecule has 1 N–H and O–H groups in total. The normalized spacial score (nSPS) is 11.0. The largest absolute Gasteiger partial charge is 0.486 e. The summed E-state index contributed by atoms with van der Waals surface area (Å²) in [5, 5.41) is 3.47. The predicted octanol–water partition coefficient (Wildman–Crippen LogP) is 4.44. The van der Waals surface area contributed by atoms with E-state index >= 15 is 0 Å². The molecule has 7 heteroatoms. The average molecular weight is 372 g/mol. The van der Waals surface area contributed by atoms with Crippen LogP contribution in [0.25, 0.3) is 0 Å². The summed E-state index contributed by atoms with van der Waals surface area (Å²) >= 11 is 0.938. The minimum atomic E-state index is -0.490. The van der Waals surface area contributed by atoms with Crippen molar-refractivity contribution >= 4 is 23.5 Å². The topological polar surface area (TPSA) is 63.8 Å². The van der Waals surface area contributed by atoms with Gasteiger partial charge in [0, 0.05) is 0 Å². The molecule has 5 nitrogen and oxygen atoms in total. The van der Waals surface area contributed by atoms with Gasteiger partial charge in [-0.25, -0.2) is 5.43 Å². The third-order valence-electron chi connectivity index (χ3n) is 3.70. The Morgan fingerprint density at radius 2 is 2.08 bits per heavy atom. The fraction of sp³-hybridized carbons (Fsp3) is 0.158. The summed E-state index contributed by atoms with van der Waals surface area (Å²) < 4.78 is 24.0. The number of ether oxygens (including phenoxy) is 1. The van der Waals surface area contributed by atoms with E-state index in [1.807, 2.05) is 32.0 Å². The maximum atomic E-state index is 12.9. The molecule has 134 valence electrons. The van der Waals surface area contributed by atoms with Gasteiger partial charge in [0.15, 0.2) is 10.9 Å². The zero-order chi connectivity index (χ0) is 18.5. The summed E-state index contributed by atoms with van der Waals surface area (Å²) in [6.07, 6.45) is 1.37. The Balaban J connectivity index is 1.54. The van der Waals surface area contributed by atoms with Crippen LogP contribution in [0.3, 0.4) is 0 Å². The Morgan fingerprint density at radius 3 is 2.81 bits per heavy atom. The molecular formula is C19H17FN2O3S. The Bertz CT molecular complexity index is 946. The molecule has 0 saturated heterocycles. The fourth-order valence-corrected chi connectivity index (χ4v) is 2.75. The molecule has 0 atom stereocenters. The summed E-state index contributed by atoms with van der Waals surface area (Å²) in [5.41, 5.74) is 4.68. The van der Waals surface area contributed by atoms with Crippen molar-refractivity contribution in [3.8, 4) is 5.75 Å². The van der Waals surface area contributed by atoms with Crippen molar-refractivity contribution in [2.75, 3.05) is 0 Å². The number of nitrogens with zero attached hydrogens (tertiary/aromatic N) is 1. The second-order valence-corrected chi connectivity index (χ2v) is 6.71. The number of hydrogen-bond acceptors (Lipinski definition) is 5. The molecule has 3 rings (SSSR count). The van der Waals surface area contributed by atoms with Crippen molar-refractivity contribution in [1.82, 2.24) is 5.43 Å². The number of furan rings is 1. The van der Waals surface area contributed by atoms with E-state index < -0.39 is 5.91 Å². The summed E-state index contributed by atoms with van der Waals surface area (Å²) in [7, 11) is 0. The van der Waals surface area contributed by atoms with Crippen LogP contribution in [0.4, 0.5) is 4.39 Å². The zero-order valence-electron chi connectivity index (χ0n) is 14.3. The number of aryl methyl sites for hydroxylation is 2. The molecule has 0 radical (unpaired) electrons. The molecule has 2 aromatic heterocycles.